The van der Waals surface area contributed by atoms with E-state index in [2.05, 4.69) is 31.9 Å². The van der Waals surface area contributed by atoms with Gasteiger partial charge in [0.15, 0.2) is 0 Å². The average Bonchev–Trinajstić information content (AvgIpc) is 2.41. The lowest BCUT2D eigenvalue weighted by Gasteiger charge is -2.31. The smallest absolute Gasteiger partial charge is 0.322 e. The maximum Gasteiger partial charge on any atom is 0.322 e. The molecule has 0 radical (unpaired) electrons. The fourth-order valence-corrected chi connectivity index (χ4v) is 6.17. The fourth-order valence-electron chi connectivity index (χ4n) is 1.87. The molecule has 1 saturated heterocycles. The van der Waals surface area contributed by atoms with E-state index in [4.69, 9.17) is 0 Å². The molecule has 1 aromatic carbocycles. The molecule has 1 fully saturated rings. The number of hydrogen-bond acceptors (Lipinski definition) is 4. The monoisotopic (exact) mass is 443 g/mol. The zero-order chi connectivity index (χ0) is 14.9. The highest BCUT2D eigenvalue weighted by atomic mass is 79.9. The molecule has 1 atom stereocenters. The first-order chi connectivity index (χ1) is 9.34. The van der Waals surface area contributed by atoms with Gasteiger partial charge < -0.3 is 5.11 Å². The summed E-state index contributed by atoms with van der Waals surface area (Å²) in [5, 5.41) is 9.20. The quantitative estimate of drug-likeness (QED) is 0.774. The summed E-state index contributed by atoms with van der Waals surface area (Å²) in [5.41, 5.74) is 0. The van der Waals surface area contributed by atoms with Crippen LogP contribution in [-0.2, 0) is 14.8 Å². The summed E-state index contributed by atoms with van der Waals surface area (Å²) in [6.07, 6.45) is 0. The maximum absolute atomic E-state index is 12.7. The number of aliphatic carboxylic acids is 1. The molecule has 0 amide bonds. The van der Waals surface area contributed by atoms with E-state index in [0.717, 1.165) is 4.31 Å². The van der Waals surface area contributed by atoms with Gasteiger partial charge in [-0.2, -0.15) is 16.1 Å². The molecule has 0 saturated carbocycles. The number of hydrogen-bond donors (Lipinski definition) is 1. The van der Waals surface area contributed by atoms with E-state index in [9.17, 15) is 18.3 Å². The van der Waals surface area contributed by atoms with Crippen LogP contribution < -0.4 is 0 Å². The van der Waals surface area contributed by atoms with Crippen LogP contribution in [0.3, 0.4) is 0 Å². The van der Waals surface area contributed by atoms with Crippen LogP contribution in [0.4, 0.5) is 0 Å². The molecule has 110 valence electrons. The first-order valence-corrected chi connectivity index (χ1v) is 9.79. The number of carbonyl (C=O) groups is 1. The van der Waals surface area contributed by atoms with Gasteiger partial charge in [0, 0.05) is 27.0 Å². The molecule has 1 N–H and O–H groups in total. The average molecular weight is 445 g/mol. The highest BCUT2D eigenvalue weighted by molar-refractivity contribution is 9.11. The summed E-state index contributed by atoms with van der Waals surface area (Å²) in [4.78, 5) is 11.3. The molecule has 2 rings (SSSR count). The lowest BCUT2D eigenvalue weighted by molar-refractivity contribution is -0.140. The van der Waals surface area contributed by atoms with Crippen molar-refractivity contribution in [1.82, 2.24) is 4.31 Å². The Kier molecular flexibility index (Phi) is 5.17. The van der Waals surface area contributed by atoms with Gasteiger partial charge in [-0.25, -0.2) is 8.42 Å². The molecule has 1 aromatic rings. The third-order valence-electron chi connectivity index (χ3n) is 2.84. The number of halogens is 2. The van der Waals surface area contributed by atoms with E-state index in [1.165, 1.54) is 17.8 Å². The summed E-state index contributed by atoms with van der Waals surface area (Å²) in [7, 11) is -3.85. The second-order valence-corrected chi connectivity index (χ2v) is 8.90. The van der Waals surface area contributed by atoms with Crippen LogP contribution in [0, 0.1) is 0 Å². The number of rotatable bonds is 3. The Bertz CT molecular complexity index is 635. The lowest BCUT2D eigenvalue weighted by Crippen LogP contribution is -2.50. The predicted molar refractivity (Wildman–Crippen MR) is 84.5 cm³/mol. The Hall–Kier alpha value is -0.0900. The van der Waals surface area contributed by atoms with Gasteiger partial charge in [-0.3, -0.25) is 4.79 Å². The molecule has 0 aliphatic carbocycles. The van der Waals surface area contributed by atoms with Crippen LogP contribution in [0.2, 0.25) is 0 Å². The maximum atomic E-state index is 12.7. The molecule has 0 bridgehead atoms. The van der Waals surface area contributed by atoms with E-state index >= 15 is 0 Å². The Morgan fingerprint density at radius 2 is 2.10 bits per heavy atom. The Labute approximate surface area is 138 Å². The molecular weight excluding hydrogens is 434 g/mol. The van der Waals surface area contributed by atoms with Gasteiger partial charge in [0.1, 0.15) is 6.04 Å². The largest absolute Gasteiger partial charge is 0.480 e. The van der Waals surface area contributed by atoms with Crippen molar-refractivity contribution >= 4 is 59.6 Å². The van der Waals surface area contributed by atoms with Crippen LogP contribution in [0.5, 0.6) is 0 Å². The Morgan fingerprint density at radius 1 is 1.40 bits per heavy atom. The van der Waals surface area contributed by atoms with Crippen molar-refractivity contribution in [2.75, 3.05) is 18.1 Å². The van der Waals surface area contributed by atoms with Gasteiger partial charge in [0.2, 0.25) is 10.0 Å². The molecular formula is C11H11Br2NO4S2. The highest BCUT2D eigenvalue weighted by Crippen LogP contribution is 2.31. The Morgan fingerprint density at radius 3 is 2.75 bits per heavy atom. The summed E-state index contributed by atoms with van der Waals surface area (Å²) in [6, 6.07) is 3.78. The van der Waals surface area contributed by atoms with E-state index in [1.54, 1.807) is 12.1 Å². The second-order valence-electron chi connectivity index (χ2n) is 4.12. The van der Waals surface area contributed by atoms with Crippen LogP contribution in [0.1, 0.15) is 0 Å². The van der Waals surface area contributed by atoms with Gasteiger partial charge in [0.05, 0.1) is 4.90 Å². The van der Waals surface area contributed by atoms with Crippen LogP contribution in [-0.4, -0.2) is 47.9 Å². The minimum absolute atomic E-state index is 0.0741. The molecule has 1 aliphatic heterocycles. The minimum atomic E-state index is -3.85. The molecule has 1 aliphatic rings. The minimum Gasteiger partial charge on any atom is -0.480 e. The second kappa shape index (κ2) is 6.35. The first kappa shape index (κ1) is 16.3. The topological polar surface area (TPSA) is 74.7 Å². The van der Waals surface area contributed by atoms with Crippen molar-refractivity contribution in [1.29, 1.82) is 0 Å². The molecule has 1 unspecified atom stereocenters. The first-order valence-electron chi connectivity index (χ1n) is 5.61. The van der Waals surface area contributed by atoms with Crippen molar-refractivity contribution in [3.05, 3.63) is 27.1 Å². The lowest BCUT2D eigenvalue weighted by atomic mass is 10.3. The SMILES string of the molecule is O=C(O)C1CSCCN1S(=O)(=O)c1cc(Br)ccc1Br. The standard InChI is InChI=1S/C11H11Br2NO4S2/c12-7-1-2-8(13)10(5-7)20(17,18)14-3-4-19-6-9(14)11(15)16/h1-2,5,9H,3-4,6H2,(H,15,16). The summed E-state index contributed by atoms with van der Waals surface area (Å²) in [5.74, 6) is -0.263. The normalized spacial score (nSPS) is 20.8. The number of carboxylic acid groups (broad SMARTS) is 1. The van der Waals surface area contributed by atoms with Gasteiger partial charge >= 0.3 is 5.97 Å². The molecule has 0 aromatic heterocycles. The van der Waals surface area contributed by atoms with Crippen LogP contribution in [0.15, 0.2) is 32.0 Å². The predicted octanol–water partition coefficient (Wildman–Crippen LogP) is 2.40. The zero-order valence-electron chi connectivity index (χ0n) is 10.1. The van der Waals surface area contributed by atoms with E-state index in [1.807, 2.05) is 0 Å². The van der Waals surface area contributed by atoms with Gasteiger partial charge in [-0.1, -0.05) is 15.9 Å². The number of nitrogens with zero attached hydrogens (tertiary/aromatic N) is 1. The summed E-state index contributed by atoms with van der Waals surface area (Å²) < 4.78 is 27.5. The molecule has 1 heterocycles. The van der Waals surface area contributed by atoms with Crippen molar-refractivity contribution in [3.63, 3.8) is 0 Å². The van der Waals surface area contributed by atoms with Gasteiger partial charge in [0.25, 0.3) is 0 Å². The fraction of sp³-hybridized carbons (Fsp3) is 0.364. The van der Waals surface area contributed by atoms with E-state index in [-0.39, 0.29) is 17.2 Å². The summed E-state index contributed by atoms with van der Waals surface area (Å²) >= 11 is 7.89. The highest BCUT2D eigenvalue weighted by Gasteiger charge is 2.38. The third-order valence-corrected chi connectivity index (χ3v) is 7.26. The molecule has 5 nitrogen and oxygen atoms in total. The van der Waals surface area contributed by atoms with Crippen LogP contribution >= 0.6 is 43.6 Å². The zero-order valence-corrected chi connectivity index (χ0v) is 14.9. The number of thioether (sulfide) groups is 1. The van der Waals surface area contributed by atoms with Crippen molar-refractivity contribution in [3.8, 4) is 0 Å². The number of sulfonamides is 1. The van der Waals surface area contributed by atoms with Gasteiger partial charge in [-0.15, -0.1) is 0 Å². The number of carboxylic acids is 1. The van der Waals surface area contributed by atoms with Crippen molar-refractivity contribution in [2.24, 2.45) is 0 Å². The molecule has 9 heteroatoms. The summed E-state index contributed by atoms with van der Waals surface area (Å²) in [6.45, 7) is 0.197. The van der Waals surface area contributed by atoms with Gasteiger partial charge in [-0.05, 0) is 34.1 Å². The number of benzene rings is 1. The van der Waals surface area contributed by atoms with Crippen molar-refractivity contribution in [2.45, 2.75) is 10.9 Å². The molecule has 0 spiro atoms. The van der Waals surface area contributed by atoms with E-state index < -0.39 is 22.0 Å². The molecule has 20 heavy (non-hydrogen) atoms. The van der Waals surface area contributed by atoms with Crippen molar-refractivity contribution < 1.29 is 18.3 Å². The van der Waals surface area contributed by atoms with Crippen LogP contribution in [0.25, 0.3) is 0 Å². The Balaban J connectivity index is 2.47. The van der Waals surface area contributed by atoms with E-state index in [0.29, 0.717) is 14.7 Å². The third kappa shape index (κ3) is 3.22.